The molecule has 0 aromatic carbocycles. The van der Waals surface area contributed by atoms with Gasteiger partial charge < -0.3 is 10.1 Å². The van der Waals surface area contributed by atoms with Gasteiger partial charge in [0.25, 0.3) is 0 Å². The van der Waals surface area contributed by atoms with E-state index in [4.69, 9.17) is 4.74 Å². The molecule has 110 valence electrons. The summed E-state index contributed by atoms with van der Waals surface area (Å²) < 4.78 is 6.11. The summed E-state index contributed by atoms with van der Waals surface area (Å²) in [5.41, 5.74) is 2.35. The van der Waals surface area contributed by atoms with Crippen LogP contribution in [0.4, 0.5) is 0 Å². The Labute approximate surface area is 122 Å². The first-order valence-electron chi connectivity index (χ1n) is 8.06. The molecule has 2 saturated carbocycles. The predicted octanol–water partition coefficient (Wildman–Crippen LogP) is 3.60. The van der Waals surface area contributed by atoms with Gasteiger partial charge in [-0.3, -0.25) is 0 Å². The molecule has 20 heavy (non-hydrogen) atoms. The highest BCUT2D eigenvalue weighted by molar-refractivity contribution is 5.25. The molecule has 0 atom stereocenters. The molecule has 0 radical (unpaired) electrons. The second-order valence-electron chi connectivity index (χ2n) is 6.61. The van der Waals surface area contributed by atoms with E-state index in [1.54, 1.807) is 0 Å². The second kappa shape index (κ2) is 6.13. The van der Waals surface area contributed by atoms with Crippen molar-refractivity contribution in [2.75, 3.05) is 0 Å². The van der Waals surface area contributed by atoms with Gasteiger partial charge in [-0.25, -0.2) is 4.98 Å². The molecule has 3 nitrogen and oxygen atoms in total. The Morgan fingerprint density at radius 2 is 1.90 bits per heavy atom. The van der Waals surface area contributed by atoms with Crippen molar-refractivity contribution in [3.05, 3.63) is 23.4 Å². The monoisotopic (exact) mass is 274 g/mol. The van der Waals surface area contributed by atoms with Gasteiger partial charge in [0.2, 0.25) is 5.88 Å². The van der Waals surface area contributed by atoms with E-state index in [1.165, 1.54) is 44.1 Å². The lowest BCUT2D eigenvalue weighted by Gasteiger charge is -2.26. The van der Waals surface area contributed by atoms with E-state index in [9.17, 15) is 0 Å². The largest absolute Gasteiger partial charge is 0.474 e. The number of pyridine rings is 1. The number of aryl methyl sites for hydroxylation is 1. The van der Waals surface area contributed by atoms with Crippen LogP contribution >= 0.6 is 0 Å². The summed E-state index contributed by atoms with van der Waals surface area (Å²) in [5, 5.41) is 3.55. The Morgan fingerprint density at radius 1 is 1.15 bits per heavy atom. The topological polar surface area (TPSA) is 34.1 Å². The molecule has 3 heteroatoms. The highest BCUT2D eigenvalue weighted by atomic mass is 16.5. The molecular weight excluding hydrogens is 248 g/mol. The van der Waals surface area contributed by atoms with E-state index in [0.717, 1.165) is 30.1 Å². The van der Waals surface area contributed by atoms with Gasteiger partial charge in [-0.05, 0) is 63.0 Å². The van der Waals surface area contributed by atoms with Gasteiger partial charge in [0, 0.05) is 24.3 Å². The van der Waals surface area contributed by atoms with Gasteiger partial charge in [-0.2, -0.15) is 0 Å². The third-order valence-electron chi connectivity index (χ3n) is 4.41. The van der Waals surface area contributed by atoms with Crippen molar-refractivity contribution in [3.63, 3.8) is 0 Å². The molecule has 0 aliphatic heterocycles. The normalized spacial score (nSPS) is 26.5. The van der Waals surface area contributed by atoms with Crippen LogP contribution in [0.25, 0.3) is 0 Å². The van der Waals surface area contributed by atoms with Crippen molar-refractivity contribution in [1.29, 1.82) is 0 Å². The predicted molar refractivity (Wildman–Crippen MR) is 80.9 cm³/mol. The molecule has 0 bridgehead atoms. The van der Waals surface area contributed by atoms with Crippen LogP contribution in [-0.4, -0.2) is 17.1 Å². The first-order chi connectivity index (χ1) is 9.69. The molecule has 2 aliphatic carbocycles. The fourth-order valence-corrected chi connectivity index (χ4v) is 2.94. The molecule has 0 saturated heterocycles. The minimum Gasteiger partial charge on any atom is -0.474 e. The van der Waals surface area contributed by atoms with Crippen LogP contribution in [0, 0.1) is 12.8 Å². The number of nitrogens with one attached hydrogen (secondary N) is 1. The lowest BCUT2D eigenvalue weighted by atomic mass is 9.89. The molecule has 3 rings (SSSR count). The molecule has 2 aliphatic rings. The van der Waals surface area contributed by atoms with Gasteiger partial charge in [-0.15, -0.1) is 0 Å². The Hall–Kier alpha value is -1.09. The molecular formula is C17H26N2O. The minimum absolute atomic E-state index is 0.366. The molecule has 0 spiro atoms. The third kappa shape index (κ3) is 3.95. The van der Waals surface area contributed by atoms with Crippen LogP contribution in [0.15, 0.2) is 12.1 Å². The number of nitrogens with zero attached hydrogens (tertiary/aromatic N) is 1. The van der Waals surface area contributed by atoms with Gasteiger partial charge in [0.1, 0.15) is 6.10 Å². The minimum atomic E-state index is 0.366. The summed E-state index contributed by atoms with van der Waals surface area (Å²) >= 11 is 0. The number of rotatable bonds is 5. The first kappa shape index (κ1) is 13.9. The van der Waals surface area contributed by atoms with Gasteiger partial charge >= 0.3 is 0 Å². The van der Waals surface area contributed by atoms with Crippen LogP contribution in [-0.2, 0) is 6.54 Å². The lowest BCUT2D eigenvalue weighted by molar-refractivity contribution is 0.130. The molecule has 0 amide bonds. The Bertz CT molecular complexity index is 448. The number of hydrogen-bond donors (Lipinski definition) is 1. The van der Waals surface area contributed by atoms with E-state index >= 15 is 0 Å². The van der Waals surface area contributed by atoms with Crippen LogP contribution in [0.1, 0.15) is 56.7 Å². The van der Waals surface area contributed by atoms with Crippen LogP contribution in [0.3, 0.4) is 0 Å². The second-order valence-corrected chi connectivity index (χ2v) is 6.61. The standard InChI is InChI=1S/C17H26N2O/c1-12-3-7-16(8-4-12)20-17-10-14(9-13(2)19-17)11-18-15-5-6-15/h9-10,12,15-16,18H,3-8,11H2,1-2H3. The van der Waals surface area contributed by atoms with Crippen molar-refractivity contribution in [2.24, 2.45) is 5.92 Å². The van der Waals surface area contributed by atoms with Crippen molar-refractivity contribution < 1.29 is 4.74 Å². The van der Waals surface area contributed by atoms with E-state index < -0.39 is 0 Å². The van der Waals surface area contributed by atoms with Crippen molar-refractivity contribution in [1.82, 2.24) is 10.3 Å². The number of ether oxygens (including phenoxy) is 1. The van der Waals surface area contributed by atoms with E-state index in [2.05, 4.69) is 36.3 Å². The lowest BCUT2D eigenvalue weighted by Crippen LogP contribution is -2.23. The van der Waals surface area contributed by atoms with E-state index in [-0.39, 0.29) is 0 Å². The maximum absolute atomic E-state index is 6.11. The van der Waals surface area contributed by atoms with Crippen molar-refractivity contribution in [3.8, 4) is 5.88 Å². The highest BCUT2D eigenvalue weighted by Gasteiger charge is 2.21. The SMILES string of the molecule is Cc1cc(CNC2CC2)cc(OC2CCC(C)CC2)n1. The molecule has 1 N–H and O–H groups in total. The van der Waals surface area contributed by atoms with Crippen molar-refractivity contribution >= 4 is 0 Å². The number of hydrogen-bond acceptors (Lipinski definition) is 3. The molecule has 1 heterocycles. The maximum Gasteiger partial charge on any atom is 0.214 e. The van der Waals surface area contributed by atoms with Gasteiger partial charge in [0.05, 0.1) is 0 Å². The van der Waals surface area contributed by atoms with Gasteiger partial charge in [0.15, 0.2) is 0 Å². The third-order valence-corrected chi connectivity index (χ3v) is 4.41. The van der Waals surface area contributed by atoms with Crippen LogP contribution in [0.2, 0.25) is 0 Å². The molecule has 0 unspecified atom stereocenters. The van der Waals surface area contributed by atoms with E-state index in [1.807, 2.05) is 0 Å². The summed E-state index contributed by atoms with van der Waals surface area (Å²) in [5.74, 6) is 1.68. The zero-order valence-electron chi connectivity index (χ0n) is 12.7. The Morgan fingerprint density at radius 3 is 2.60 bits per heavy atom. The molecule has 1 aromatic rings. The Kier molecular flexibility index (Phi) is 4.25. The molecule has 1 aromatic heterocycles. The summed E-state index contributed by atoms with van der Waals surface area (Å²) in [6, 6.07) is 5.01. The smallest absolute Gasteiger partial charge is 0.214 e. The zero-order valence-corrected chi connectivity index (χ0v) is 12.7. The maximum atomic E-state index is 6.11. The number of aromatic nitrogens is 1. The summed E-state index contributed by atoms with van der Waals surface area (Å²) in [6.45, 7) is 5.32. The van der Waals surface area contributed by atoms with Gasteiger partial charge in [-0.1, -0.05) is 6.92 Å². The van der Waals surface area contributed by atoms with E-state index in [0.29, 0.717) is 6.10 Å². The quantitative estimate of drug-likeness (QED) is 0.891. The average Bonchev–Trinajstić information content (AvgIpc) is 3.23. The fourth-order valence-electron chi connectivity index (χ4n) is 2.94. The average molecular weight is 274 g/mol. The molecule has 2 fully saturated rings. The zero-order chi connectivity index (χ0) is 13.9. The van der Waals surface area contributed by atoms with Crippen molar-refractivity contribution in [2.45, 2.75) is 71.1 Å². The summed E-state index contributed by atoms with van der Waals surface area (Å²) in [6.07, 6.45) is 7.93. The highest BCUT2D eigenvalue weighted by Crippen LogP contribution is 2.27. The van der Waals surface area contributed by atoms with Crippen LogP contribution < -0.4 is 10.1 Å². The summed E-state index contributed by atoms with van der Waals surface area (Å²) in [7, 11) is 0. The first-order valence-corrected chi connectivity index (χ1v) is 8.06. The Balaban J connectivity index is 1.59. The fraction of sp³-hybridized carbons (Fsp3) is 0.706. The van der Waals surface area contributed by atoms with Crippen LogP contribution in [0.5, 0.6) is 5.88 Å². The summed E-state index contributed by atoms with van der Waals surface area (Å²) in [4.78, 5) is 4.54.